The smallest absolute Gasteiger partial charge is 0.338 e. The number of nitrogens with zero attached hydrogens (tertiary/aromatic N) is 1. The molecule has 0 fully saturated rings. The molecule has 32 heavy (non-hydrogen) atoms. The molecule has 7 nitrogen and oxygen atoms in total. The number of aromatic nitrogens is 1. The van der Waals surface area contributed by atoms with E-state index in [1.54, 1.807) is 49.4 Å². The number of Topliss-reactive ketones (excluding diaryl/α,β-unsaturated/α-hetero) is 1. The summed E-state index contributed by atoms with van der Waals surface area (Å²) in [5.74, 6) is -0.519. The predicted molar refractivity (Wildman–Crippen MR) is 119 cm³/mol. The second-order valence-corrected chi connectivity index (χ2v) is 7.09. The summed E-state index contributed by atoms with van der Waals surface area (Å²) in [5.41, 5.74) is 2.74. The zero-order valence-electron chi connectivity index (χ0n) is 17.3. The third-order valence-corrected chi connectivity index (χ3v) is 4.89. The molecule has 0 bridgehead atoms. The van der Waals surface area contributed by atoms with Gasteiger partial charge in [-0.2, -0.15) is 0 Å². The molecule has 1 amide bonds. The summed E-state index contributed by atoms with van der Waals surface area (Å²) in [6, 6.07) is 20.8. The average molecular weight is 428 g/mol. The fourth-order valence-corrected chi connectivity index (χ4v) is 3.15. The van der Waals surface area contributed by atoms with E-state index in [0.717, 1.165) is 5.56 Å². The molecule has 0 saturated heterocycles. The van der Waals surface area contributed by atoms with E-state index >= 15 is 0 Å². The first-order valence-corrected chi connectivity index (χ1v) is 10.1. The van der Waals surface area contributed by atoms with Crippen molar-refractivity contribution in [2.75, 3.05) is 11.9 Å². The highest BCUT2D eigenvalue weighted by Crippen LogP contribution is 2.29. The Morgan fingerprint density at radius 3 is 2.38 bits per heavy atom. The lowest BCUT2D eigenvalue weighted by Crippen LogP contribution is -2.14. The van der Waals surface area contributed by atoms with Crippen LogP contribution < -0.4 is 5.32 Å². The van der Waals surface area contributed by atoms with Crippen LogP contribution in [0.15, 0.2) is 77.3 Å². The minimum absolute atomic E-state index is 0.113. The number of nitrogens with one attached hydrogen (secondary N) is 1. The van der Waals surface area contributed by atoms with Crippen molar-refractivity contribution in [3.8, 4) is 11.3 Å². The molecule has 0 saturated carbocycles. The topological polar surface area (TPSA) is 98.5 Å². The summed E-state index contributed by atoms with van der Waals surface area (Å²) >= 11 is 0. The number of ketones is 1. The van der Waals surface area contributed by atoms with Crippen LogP contribution in [0.5, 0.6) is 0 Å². The van der Waals surface area contributed by atoms with Crippen molar-refractivity contribution in [1.29, 1.82) is 0 Å². The summed E-state index contributed by atoms with van der Waals surface area (Å²) < 4.78 is 10.7. The van der Waals surface area contributed by atoms with Crippen LogP contribution in [0.1, 0.15) is 34.1 Å². The number of amides is 1. The maximum atomic E-state index is 12.5. The number of benzene rings is 3. The number of anilines is 1. The SMILES string of the molecule is CCC(=O)Nc1ccc(C(=O)COC(=O)c2ccc3noc(-c4ccccc4)c3c2)cc1. The first-order chi connectivity index (χ1) is 15.5. The third kappa shape index (κ3) is 4.57. The first-order valence-electron chi connectivity index (χ1n) is 10.1. The average Bonchev–Trinajstić information content (AvgIpc) is 3.26. The van der Waals surface area contributed by atoms with Crippen LogP contribution in [0.25, 0.3) is 22.2 Å². The van der Waals surface area contributed by atoms with Crippen LogP contribution in [0, 0.1) is 0 Å². The molecule has 4 rings (SSSR count). The second-order valence-electron chi connectivity index (χ2n) is 7.09. The van der Waals surface area contributed by atoms with Gasteiger partial charge in [0.15, 0.2) is 18.2 Å². The number of esters is 1. The second kappa shape index (κ2) is 9.26. The van der Waals surface area contributed by atoms with Crippen molar-refractivity contribution < 1.29 is 23.6 Å². The van der Waals surface area contributed by atoms with Gasteiger partial charge in [-0.1, -0.05) is 42.4 Å². The van der Waals surface area contributed by atoms with E-state index in [2.05, 4.69) is 10.5 Å². The number of carbonyl (C=O) groups is 3. The molecule has 160 valence electrons. The molecular formula is C25H20N2O5. The maximum Gasteiger partial charge on any atom is 0.338 e. The van der Waals surface area contributed by atoms with Gasteiger partial charge in [-0.15, -0.1) is 0 Å². The molecule has 0 aliphatic rings. The number of hydrogen-bond acceptors (Lipinski definition) is 6. The highest BCUT2D eigenvalue weighted by molar-refractivity contribution is 6.02. The summed E-state index contributed by atoms with van der Waals surface area (Å²) in [4.78, 5) is 36.4. The minimum Gasteiger partial charge on any atom is -0.454 e. The van der Waals surface area contributed by atoms with E-state index in [1.165, 1.54) is 0 Å². The summed E-state index contributed by atoms with van der Waals surface area (Å²) in [5, 5.41) is 7.42. The van der Waals surface area contributed by atoms with E-state index in [9.17, 15) is 14.4 Å². The van der Waals surface area contributed by atoms with Crippen LogP contribution in [-0.4, -0.2) is 29.4 Å². The molecule has 0 radical (unpaired) electrons. The van der Waals surface area contributed by atoms with Crippen molar-refractivity contribution in [3.63, 3.8) is 0 Å². The Morgan fingerprint density at radius 1 is 0.938 bits per heavy atom. The number of rotatable bonds is 7. The van der Waals surface area contributed by atoms with Gasteiger partial charge < -0.3 is 14.6 Å². The van der Waals surface area contributed by atoms with Gasteiger partial charge in [0.25, 0.3) is 0 Å². The minimum atomic E-state index is -0.618. The standard InChI is InChI=1S/C25H20N2O5/c1-2-23(29)26-19-11-8-16(9-12-19)22(28)15-31-25(30)18-10-13-21-20(14-18)24(32-27-21)17-6-4-3-5-7-17/h3-14H,2,15H2,1H3,(H,26,29). The summed E-state index contributed by atoms with van der Waals surface area (Å²) in [7, 11) is 0. The van der Waals surface area contributed by atoms with E-state index in [0.29, 0.717) is 39.9 Å². The van der Waals surface area contributed by atoms with Crippen LogP contribution in [0.2, 0.25) is 0 Å². The molecular weight excluding hydrogens is 408 g/mol. The number of ether oxygens (including phenoxy) is 1. The fourth-order valence-electron chi connectivity index (χ4n) is 3.15. The molecule has 7 heteroatoms. The number of fused-ring (bicyclic) bond motifs is 1. The quantitative estimate of drug-likeness (QED) is 0.333. The van der Waals surface area contributed by atoms with Gasteiger partial charge in [0.05, 0.1) is 10.9 Å². The molecule has 0 aliphatic heterocycles. The molecule has 0 atom stereocenters. The van der Waals surface area contributed by atoms with Crippen molar-refractivity contribution in [2.45, 2.75) is 13.3 Å². The van der Waals surface area contributed by atoms with Crippen LogP contribution in [-0.2, 0) is 9.53 Å². The van der Waals surface area contributed by atoms with Crippen molar-refractivity contribution in [2.24, 2.45) is 0 Å². The van der Waals surface area contributed by atoms with Gasteiger partial charge in [0.2, 0.25) is 5.91 Å². The Kier molecular flexibility index (Phi) is 6.07. The zero-order valence-corrected chi connectivity index (χ0v) is 17.3. The Hall–Kier alpha value is -4.26. The summed E-state index contributed by atoms with van der Waals surface area (Å²) in [6.45, 7) is 1.36. The number of hydrogen-bond donors (Lipinski definition) is 1. The molecule has 3 aromatic carbocycles. The first kappa shape index (κ1) is 21.0. The molecule has 1 N–H and O–H groups in total. The summed E-state index contributed by atoms with van der Waals surface area (Å²) in [6.07, 6.45) is 0.365. The molecule has 1 heterocycles. The highest BCUT2D eigenvalue weighted by atomic mass is 16.5. The Labute approximate surface area is 184 Å². The Bertz CT molecular complexity index is 1280. The Balaban J connectivity index is 1.44. The number of carbonyl (C=O) groups excluding carboxylic acids is 3. The van der Waals surface area contributed by atoms with Crippen molar-refractivity contribution in [1.82, 2.24) is 5.16 Å². The van der Waals surface area contributed by atoms with Gasteiger partial charge in [-0.25, -0.2) is 4.79 Å². The molecule has 1 aromatic heterocycles. The lowest BCUT2D eigenvalue weighted by molar-refractivity contribution is -0.115. The molecule has 0 spiro atoms. The van der Waals surface area contributed by atoms with Gasteiger partial charge >= 0.3 is 5.97 Å². The Morgan fingerprint density at radius 2 is 1.66 bits per heavy atom. The van der Waals surface area contributed by atoms with Crippen molar-refractivity contribution >= 4 is 34.3 Å². The third-order valence-electron chi connectivity index (χ3n) is 4.89. The van der Waals surface area contributed by atoms with E-state index in [4.69, 9.17) is 9.26 Å². The zero-order chi connectivity index (χ0) is 22.5. The van der Waals surface area contributed by atoms with E-state index in [-0.39, 0.29) is 11.7 Å². The van der Waals surface area contributed by atoms with Gasteiger partial charge in [0.1, 0.15) is 5.52 Å². The molecule has 0 unspecified atom stereocenters. The maximum absolute atomic E-state index is 12.5. The van der Waals surface area contributed by atoms with Crippen LogP contribution in [0.4, 0.5) is 5.69 Å². The van der Waals surface area contributed by atoms with E-state index < -0.39 is 12.6 Å². The predicted octanol–water partition coefficient (Wildman–Crippen LogP) is 4.88. The molecule has 0 aliphatic carbocycles. The van der Waals surface area contributed by atoms with E-state index in [1.807, 2.05) is 30.3 Å². The highest BCUT2D eigenvalue weighted by Gasteiger charge is 2.16. The monoisotopic (exact) mass is 428 g/mol. The largest absolute Gasteiger partial charge is 0.454 e. The van der Waals surface area contributed by atoms with Gasteiger partial charge in [-0.3, -0.25) is 9.59 Å². The van der Waals surface area contributed by atoms with Gasteiger partial charge in [0, 0.05) is 23.2 Å². The normalized spacial score (nSPS) is 10.7. The van der Waals surface area contributed by atoms with Crippen LogP contribution >= 0.6 is 0 Å². The molecule has 4 aromatic rings. The van der Waals surface area contributed by atoms with Gasteiger partial charge in [-0.05, 0) is 42.5 Å². The van der Waals surface area contributed by atoms with Crippen molar-refractivity contribution in [3.05, 3.63) is 83.9 Å². The lowest BCUT2D eigenvalue weighted by atomic mass is 10.1. The fraction of sp³-hybridized carbons (Fsp3) is 0.120. The van der Waals surface area contributed by atoms with Crippen LogP contribution in [0.3, 0.4) is 0 Å². The lowest BCUT2D eigenvalue weighted by Gasteiger charge is -2.07.